The first-order valence-corrected chi connectivity index (χ1v) is 5.98. The zero-order valence-corrected chi connectivity index (χ0v) is 11.3. The van der Waals surface area contributed by atoms with Crippen molar-refractivity contribution in [3.05, 3.63) is 29.3 Å². The quantitative estimate of drug-likeness (QED) is 0.898. The first-order valence-electron chi connectivity index (χ1n) is 5.60. The second-order valence-electron chi connectivity index (χ2n) is 4.92. The van der Waals surface area contributed by atoms with E-state index in [9.17, 15) is 4.79 Å². The van der Waals surface area contributed by atoms with Crippen molar-refractivity contribution in [3.8, 4) is 0 Å². The summed E-state index contributed by atoms with van der Waals surface area (Å²) in [5.41, 5.74) is 6.39. The van der Waals surface area contributed by atoms with Crippen LogP contribution in [0.25, 0.3) is 0 Å². The van der Waals surface area contributed by atoms with Gasteiger partial charge in [0, 0.05) is 29.7 Å². The van der Waals surface area contributed by atoms with Crippen LogP contribution in [-0.2, 0) is 4.79 Å². The van der Waals surface area contributed by atoms with Gasteiger partial charge in [-0.3, -0.25) is 4.79 Å². The minimum Gasteiger partial charge on any atom is -0.326 e. The molecule has 94 valence electrons. The number of rotatable bonds is 4. The maximum Gasteiger partial charge on any atom is 0.226 e. The highest BCUT2D eigenvalue weighted by Crippen LogP contribution is 2.18. The summed E-state index contributed by atoms with van der Waals surface area (Å²) in [5, 5.41) is 0.665. The molecule has 0 aliphatic heterocycles. The van der Waals surface area contributed by atoms with Gasteiger partial charge in [-0.05, 0) is 44.5 Å². The van der Waals surface area contributed by atoms with Crippen LogP contribution in [-0.4, -0.2) is 18.5 Å². The molecule has 4 heteroatoms. The Morgan fingerprint density at radius 2 is 1.88 bits per heavy atom. The molecule has 0 aromatic heterocycles. The molecule has 0 atom stereocenters. The normalized spacial score (nSPS) is 11.4. The fourth-order valence-electron chi connectivity index (χ4n) is 1.41. The monoisotopic (exact) mass is 254 g/mol. The van der Waals surface area contributed by atoms with Crippen molar-refractivity contribution in [1.82, 2.24) is 0 Å². The molecule has 0 unspecified atom stereocenters. The van der Waals surface area contributed by atoms with Crippen LogP contribution in [0.3, 0.4) is 0 Å². The number of hydrogen-bond acceptors (Lipinski definition) is 2. The maximum atomic E-state index is 11.9. The van der Waals surface area contributed by atoms with Crippen LogP contribution in [0.5, 0.6) is 0 Å². The second kappa shape index (κ2) is 5.52. The van der Waals surface area contributed by atoms with Gasteiger partial charge in [0.25, 0.3) is 0 Å². The number of amides is 1. The van der Waals surface area contributed by atoms with Crippen molar-refractivity contribution >= 4 is 23.2 Å². The van der Waals surface area contributed by atoms with E-state index in [1.807, 2.05) is 26.0 Å². The number of halogens is 1. The minimum atomic E-state index is -0.309. The van der Waals surface area contributed by atoms with E-state index in [0.29, 0.717) is 17.9 Å². The van der Waals surface area contributed by atoms with Crippen molar-refractivity contribution < 1.29 is 4.79 Å². The van der Waals surface area contributed by atoms with Crippen LogP contribution >= 0.6 is 11.6 Å². The molecule has 3 nitrogen and oxygen atoms in total. The zero-order valence-electron chi connectivity index (χ0n) is 10.5. The number of hydrogen-bond donors (Lipinski definition) is 1. The predicted octanol–water partition coefficient (Wildman–Crippen LogP) is 2.82. The van der Waals surface area contributed by atoms with E-state index in [2.05, 4.69) is 0 Å². The Bertz CT molecular complexity index is 381. The summed E-state index contributed by atoms with van der Waals surface area (Å²) in [6.07, 6.45) is 1.12. The van der Waals surface area contributed by atoms with Gasteiger partial charge in [-0.15, -0.1) is 0 Å². The SMILES string of the molecule is CN(C(=O)CCC(C)(C)N)c1ccc(Cl)cc1. The number of carbonyl (C=O) groups excluding carboxylic acids is 1. The van der Waals surface area contributed by atoms with Gasteiger partial charge in [-0.25, -0.2) is 0 Å². The van der Waals surface area contributed by atoms with Gasteiger partial charge < -0.3 is 10.6 Å². The second-order valence-corrected chi connectivity index (χ2v) is 5.35. The fraction of sp³-hybridized carbons (Fsp3) is 0.462. The average Bonchev–Trinajstić information content (AvgIpc) is 2.25. The standard InChI is InChI=1S/C13H19ClN2O/c1-13(2,15)9-8-12(17)16(3)11-6-4-10(14)5-7-11/h4-7H,8-9,15H2,1-3H3. The van der Waals surface area contributed by atoms with Gasteiger partial charge in [-0.2, -0.15) is 0 Å². The maximum absolute atomic E-state index is 11.9. The van der Waals surface area contributed by atoms with E-state index in [1.54, 1.807) is 24.1 Å². The Balaban J connectivity index is 2.61. The molecule has 0 spiro atoms. The van der Waals surface area contributed by atoms with Gasteiger partial charge in [0.15, 0.2) is 0 Å². The lowest BCUT2D eigenvalue weighted by Gasteiger charge is -2.21. The smallest absolute Gasteiger partial charge is 0.226 e. The fourth-order valence-corrected chi connectivity index (χ4v) is 1.53. The van der Waals surface area contributed by atoms with Crippen molar-refractivity contribution in [2.75, 3.05) is 11.9 Å². The van der Waals surface area contributed by atoms with Crippen molar-refractivity contribution in [2.24, 2.45) is 5.73 Å². The van der Waals surface area contributed by atoms with Gasteiger partial charge >= 0.3 is 0 Å². The van der Waals surface area contributed by atoms with Crippen LogP contribution < -0.4 is 10.6 Å². The molecule has 1 rings (SSSR count). The van der Waals surface area contributed by atoms with E-state index >= 15 is 0 Å². The first kappa shape index (κ1) is 14.0. The van der Waals surface area contributed by atoms with E-state index in [4.69, 9.17) is 17.3 Å². The Hall–Kier alpha value is -1.06. The molecule has 0 bridgehead atoms. The number of nitrogens with two attached hydrogens (primary N) is 1. The molecule has 1 aromatic rings. The largest absolute Gasteiger partial charge is 0.326 e. The van der Waals surface area contributed by atoms with Crippen LogP contribution in [0, 0.1) is 0 Å². The number of anilines is 1. The first-order chi connectivity index (χ1) is 7.79. The molecule has 17 heavy (non-hydrogen) atoms. The van der Waals surface area contributed by atoms with Crippen molar-refractivity contribution in [2.45, 2.75) is 32.2 Å². The topological polar surface area (TPSA) is 46.3 Å². The van der Waals surface area contributed by atoms with Gasteiger partial charge in [-0.1, -0.05) is 11.6 Å². The molecular formula is C13H19ClN2O. The molecule has 1 amide bonds. The molecule has 0 heterocycles. The predicted molar refractivity (Wildman–Crippen MR) is 72.4 cm³/mol. The molecule has 0 aliphatic rings. The van der Waals surface area contributed by atoms with E-state index in [0.717, 1.165) is 5.69 Å². The summed E-state index contributed by atoms with van der Waals surface area (Å²) < 4.78 is 0. The van der Waals surface area contributed by atoms with Crippen molar-refractivity contribution in [1.29, 1.82) is 0 Å². The van der Waals surface area contributed by atoms with E-state index < -0.39 is 0 Å². The summed E-state index contributed by atoms with van der Waals surface area (Å²) in [7, 11) is 1.76. The highest BCUT2D eigenvalue weighted by Gasteiger charge is 2.16. The zero-order chi connectivity index (χ0) is 13.1. The molecule has 0 aliphatic carbocycles. The summed E-state index contributed by atoms with van der Waals surface area (Å²) in [6, 6.07) is 7.20. The Morgan fingerprint density at radius 1 is 1.35 bits per heavy atom. The number of carbonyl (C=O) groups is 1. The lowest BCUT2D eigenvalue weighted by Crippen LogP contribution is -2.35. The Labute approximate surface area is 108 Å². The molecule has 1 aromatic carbocycles. The minimum absolute atomic E-state index is 0.0610. The van der Waals surface area contributed by atoms with E-state index in [1.165, 1.54) is 0 Å². The van der Waals surface area contributed by atoms with Crippen LogP contribution in [0.15, 0.2) is 24.3 Å². The number of nitrogens with zero attached hydrogens (tertiary/aromatic N) is 1. The van der Waals surface area contributed by atoms with Gasteiger partial charge in [0.1, 0.15) is 0 Å². The lowest BCUT2D eigenvalue weighted by molar-refractivity contribution is -0.118. The van der Waals surface area contributed by atoms with E-state index in [-0.39, 0.29) is 11.4 Å². The van der Waals surface area contributed by atoms with Crippen LogP contribution in [0.2, 0.25) is 5.02 Å². The van der Waals surface area contributed by atoms with Gasteiger partial charge in [0.2, 0.25) is 5.91 Å². The molecular weight excluding hydrogens is 236 g/mol. The number of benzene rings is 1. The summed E-state index contributed by atoms with van der Waals surface area (Å²) >= 11 is 5.80. The van der Waals surface area contributed by atoms with Crippen molar-refractivity contribution in [3.63, 3.8) is 0 Å². The Morgan fingerprint density at radius 3 is 2.35 bits per heavy atom. The highest BCUT2D eigenvalue weighted by atomic mass is 35.5. The highest BCUT2D eigenvalue weighted by molar-refractivity contribution is 6.30. The third kappa shape index (κ3) is 4.75. The molecule has 0 saturated heterocycles. The summed E-state index contributed by atoms with van der Waals surface area (Å²) in [4.78, 5) is 13.5. The summed E-state index contributed by atoms with van der Waals surface area (Å²) in [5.74, 6) is 0.0610. The lowest BCUT2D eigenvalue weighted by atomic mass is 10.00. The van der Waals surface area contributed by atoms with Gasteiger partial charge in [0.05, 0.1) is 0 Å². The van der Waals surface area contributed by atoms with Crippen LogP contribution in [0.1, 0.15) is 26.7 Å². The summed E-state index contributed by atoms with van der Waals surface area (Å²) in [6.45, 7) is 3.84. The molecule has 0 radical (unpaired) electrons. The average molecular weight is 255 g/mol. The van der Waals surface area contributed by atoms with Crippen LogP contribution in [0.4, 0.5) is 5.69 Å². The third-order valence-corrected chi connectivity index (χ3v) is 2.82. The molecule has 0 fully saturated rings. The molecule has 0 saturated carbocycles. The third-order valence-electron chi connectivity index (χ3n) is 2.57. The Kier molecular flexibility index (Phi) is 4.54. The molecule has 2 N–H and O–H groups in total.